The number of carbonyl (C=O) groups is 1. The van der Waals surface area contributed by atoms with Crippen LogP contribution in [0.2, 0.25) is 0 Å². The van der Waals surface area contributed by atoms with E-state index in [0.717, 1.165) is 28.4 Å². The van der Waals surface area contributed by atoms with Gasteiger partial charge in [0.15, 0.2) is 5.13 Å². The van der Waals surface area contributed by atoms with Crippen molar-refractivity contribution in [1.82, 2.24) is 14.9 Å². The third-order valence-electron chi connectivity index (χ3n) is 4.61. The Hall–Kier alpha value is -2.55. The molecule has 4 rings (SSSR count). The number of H-pyrrole nitrogens is 1. The Morgan fingerprint density at radius 1 is 1.37 bits per heavy atom. The maximum absolute atomic E-state index is 12.8. The van der Waals surface area contributed by atoms with Crippen molar-refractivity contribution in [3.8, 4) is 0 Å². The van der Waals surface area contributed by atoms with Gasteiger partial charge in [-0.3, -0.25) is 4.79 Å². The van der Waals surface area contributed by atoms with E-state index in [-0.39, 0.29) is 11.0 Å². The second-order valence-electron chi connectivity index (χ2n) is 6.54. The lowest BCUT2D eigenvalue weighted by atomic mass is 10.1. The van der Waals surface area contributed by atoms with Crippen molar-refractivity contribution in [1.29, 1.82) is 0 Å². The summed E-state index contributed by atoms with van der Waals surface area (Å²) in [7, 11) is 0. The number of rotatable bonds is 3. The van der Waals surface area contributed by atoms with Crippen LogP contribution in [0.15, 0.2) is 30.3 Å². The zero-order valence-electron chi connectivity index (χ0n) is 14.4. The number of nitrogens with zero attached hydrogens (tertiary/aromatic N) is 2. The highest BCUT2D eigenvalue weighted by molar-refractivity contribution is 7.15. The van der Waals surface area contributed by atoms with Crippen molar-refractivity contribution >= 4 is 33.3 Å². The minimum Gasteiger partial charge on any atom is -0.351 e. The van der Waals surface area contributed by atoms with Crippen LogP contribution in [-0.4, -0.2) is 39.5 Å². The molecule has 5 nitrogen and oxygen atoms in total. The minimum absolute atomic E-state index is 0.122. The summed E-state index contributed by atoms with van der Waals surface area (Å²) in [4.78, 5) is 22.7. The van der Waals surface area contributed by atoms with Gasteiger partial charge in [-0.2, -0.15) is 13.2 Å². The zero-order chi connectivity index (χ0) is 19.2. The van der Waals surface area contributed by atoms with Gasteiger partial charge >= 0.3 is 6.18 Å². The van der Waals surface area contributed by atoms with Crippen molar-refractivity contribution < 1.29 is 18.0 Å². The minimum atomic E-state index is -4.33. The van der Waals surface area contributed by atoms with Gasteiger partial charge in [0.1, 0.15) is 11.7 Å². The summed E-state index contributed by atoms with van der Waals surface area (Å²) in [5, 5.41) is 3.61. The number of thiazole rings is 1. The Morgan fingerprint density at radius 3 is 2.89 bits per heavy atom. The van der Waals surface area contributed by atoms with Gasteiger partial charge in [0.25, 0.3) is 5.91 Å². The number of anilines is 1. The third-order valence-corrected chi connectivity index (χ3v) is 5.62. The lowest BCUT2D eigenvalue weighted by molar-refractivity contribution is -0.138. The number of hydrogen-bond acceptors (Lipinski definition) is 4. The molecule has 0 saturated heterocycles. The summed E-state index contributed by atoms with van der Waals surface area (Å²) >= 11 is 1.17. The topological polar surface area (TPSA) is 61.0 Å². The molecule has 3 aromatic rings. The number of aromatic nitrogens is 2. The Kier molecular flexibility index (Phi) is 4.33. The van der Waals surface area contributed by atoms with E-state index in [1.54, 1.807) is 4.90 Å². The van der Waals surface area contributed by atoms with E-state index in [4.69, 9.17) is 0 Å². The summed E-state index contributed by atoms with van der Waals surface area (Å²) in [6.45, 7) is 1.90. The Morgan fingerprint density at radius 2 is 2.15 bits per heavy atom. The molecule has 0 fully saturated rings. The molecule has 1 aromatic carbocycles. The zero-order valence-corrected chi connectivity index (χ0v) is 15.2. The molecule has 0 radical (unpaired) electrons. The molecule has 1 unspecified atom stereocenters. The highest BCUT2D eigenvalue weighted by Gasteiger charge is 2.37. The number of fused-ring (bicyclic) bond motifs is 2. The fourth-order valence-corrected chi connectivity index (χ4v) is 4.17. The summed E-state index contributed by atoms with van der Waals surface area (Å²) in [5.41, 5.74) is 2.16. The van der Waals surface area contributed by atoms with E-state index < -0.39 is 12.2 Å². The van der Waals surface area contributed by atoms with E-state index in [9.17, 15) is 18.0 Å². The molecular weight excluding hydrogens is 377 g/mol. The monoisotopic (exact) mass is 394 g/mol. The normalized spacial score (nSPS) is 15.6. The van der Waals surface area contributed by atoms with E-state index >= 15 is 0 Å². The number of benzene rings is 1. The van der Waals surface area contributed by atoms with Crippen molar-refractivity contribution in [3.05, 3.63) is 46.6 Å². The summed E-state index contributed by atoms with van der Waals surface area (Å²) in [6.07, 6.45) is -3.80. The molecule has 1 aliphatic rings. The molecular formula is C18H17F3N4OS. The highest BCUT2D eigenvalue weighted by atomic mass is 32.1. The first kappa shape index (κ1) is 17.8. The van der Waals surface area contributed by atoms with Gasteiger partial charge < -0.3 is 15.2 Å². The largest absolute Gasteiger partial charge is 0.408 e. The molecule has 0 bridgehead atoms. The summed E-state index contributed by atoms with van der Waals surface area (Å²) in [6, 6.07) is 7.79. The molecule has 142 valence electrons. The van der Waals surface area contributed by atoms with Crippen molar-refractivity contribution in [3.63, 3.8) is 0 Å². The van der Waals surface area contributed by atoms with Gasteiger partial charge in [0, 0.05) is 28.7 Å². The van der Waals surface area contributed by atoms with Crippen LogP contribution in [0.25, 0.3) is 10.9 Å². The number of hydrogen-bond donors (Lipinski definition) is 2. The molecule has 0 aliphatic carbocycles. The number of nitrogens with one attached hydrogen (secondary N) is 2. The predicted octanol–water partition coefficient (Wildman–Crippen LogP) is 4.19. The van der Waals surface area contributed by atoms with Crippen LogP contribution in [0.1, 0.15) is 28.0 Å². The van der Waals surface area contributed by atoms with Crippen LogP contribution in [0.5, 0.6) is 0 Å². The van der Waals surface area contributed by atoms with Gasteiger partial charge in [-0.05, 0) is 19.1 Å². The van der Waals surface area contributed by atoms with Crippen LogP contribution in [0, 0.1) is 0 Å². The molecule has 1 atom stereocenters. The first-order chi connectivity index (χ1) is 12.8. The molecule has 3 heterocycles. The molecule has 2 N–H and O–H groups in total. The van der Waals surface area contributed by atoms with Gasteiger partial charge in [-0.25, -0.2) is 4.98 Å². The fraction of sp³-hybridized carbons (Fsp3) is 0.333. The van der Waals surface area contributed by atoms with E-state index in [0.29, 0.717) is 25.2 Å². The van der Waals surface area contributed by atoms with Gasteiger partial charge in [-0.1, -0.05) is 29.5 Å². The molecule has 0 spiro atoms. The lowest BCUT2D eigenvalue weighted by Crippen LogP contribution is -2.35. The van der Waals surface area contributed by atoms with Gasteiger partial charge in [-0.15, -0.1) is 0 Å². The highest BCUT2D eigenvalue weighted by Crippen LogP contribution is 2.31. The van der Waals surface area contributed by atoms with E-state index in [2.05, 4.69) is 15.3 Å². The van der Waals surface area contributed by atoms with Crippen LogP contribution in [0.3, 0.4) is 0 Å². The van der Waals surface area contributed by atoms with Crippen LogP contribution in [-0.2, 0) is 13.0 Å². The quantitative estimate of drug-likeness (QED) is 0.700. The van der Waals surface area contributed by atoms with E-state index in [1.807, 2.05) is 30.3 Å². The second-order valence-corrected chi connectivity index (χ2v) is 7.63. The molecule has 2 aromatic heterocycles. The summed E-state index contributed by atoms with van der Waals surface area (Å²) in [5.74, 6) is -0.122. The Labute approximate surface area is 157 Å². The first-order valence-corrected chi connectivity index (χ1v) is 9.32. The predicted molar refractivity (Wildman–Crippen MR) is 98.0 cm³/mol. The first-order valence-electron chi connectivity index (χ1n) is 8.50. The second kappa shape index (κ2) is 6.56. The van der Waals surface area contributed by atoms with Crippen LogP contribution in [0.4, 0.5) is 18.3 Å². The average molecular weight is 394 g/mol. The van der Waals surface area contributed by atoms with Crippen molar-refractivity contribution in [2.24, 2.45) is 0 Å². The number of amides is 1. The molecule has 1 aliphatic heterocycles. The maximum atomic E-state index is 12.8. The summed E-state index contributed by atoms with van der Waals surface area (Å²) < 4.78 is 38.2. The number of halogens is 3. The Bertz CT molecular complexity index is 961. The van der Waals surface area contributed by atoms with E-state index in [1.165, 1.54) is 11.3 Å². The average Bonchev–Trinajstić information content (AvgIpc) is 3.22. The van der Waals surface area contributed by atoms with Gasteiger partial charge in [0.2, 0.25) is 0 Å². The van der Waals surface area contributed by atoms with Crippen molar-refractivity contribution in [2.45, 2.75) is 32.1 Å². The number of carbonyl (C=O) groups excluding carboxylic acids is 1. The third kappa shape index (κ3) is 3.51. The maximum Gasteiger partial charge on any atom is 0.408 e. The van der Waals surface area contributed by atoms with Crippen LogP contribution < -0.4 is 5.32 Å². The number of alkyl halides is 3. The van der Waals surface area contributed by atoms with Crippen molar-refractivity contribution in [2.75, 3.05) is 11.9 Å². The smallest absolute Gasteiger partial charge is 0.351 e. The number of para-hydroxylation sites is 1. The Balaban J connectivity index is 1.50. The van der Waals surface area contributed by atoms with Crippen LogP contribution >= 0.6 is 11.3 Å². The molecule has 1 amide bonds. The van der Waals surface area contributed by atoms with Gasteiger partial charge in [0.05, 0.1) is 12.2 Å². The molecule has 9 heteroatoms. The fourth-order valence-electron chi connectivity index (χ4n) is 3.06. The molecule has 0 saturated carbocycles. The standard InChI is InChI=1S/C18H17F3N4OS/c1-10(18(19,20)21)22-17-24-13-6-7-25(9-15(13)27-17)16(26)14-8-11-4-2-3-5-12(11)23-14/h2-5,8,10,23H,6-7,9H2,1H3,(H,22,24). The molecule has 27 heavy (non-hydrogen) atoms. The number of aromatic amines is 1. The lowest BCUT2D eigenvalue weighted by Gasteiger charge is -2.25. The SMILES string of the molecule is CC(Nc1nc2c(s1)CN(C(=O)c1cc3ccccc3[nH]1)CC2)C(F)(F)F.